The molecule has 1 unspecified atom stereocenters. The van der Waals surface area contributed by atoms with Crippen LogP contribution in [0.2, 0.25) is 0 Å². The van der Waals surface area contributed by atoms with Gasteiger partial charge in [-0.25, -0.2) is 4.79 Å². The normalized spacial score (nSPS) is 18.1. The van der Waals surface area contributed by atoms with Gasteiger partial charge < -0.3 is 23.4 Å². The number of phenolic OH excluding ortho intramolecular Hbond substituents is 1. The van der Waals surface area contributed by atoms with E-state index in [2.05, 4.69) is 13.8 Å². The summed E-state index contributed by atoms with van der Waals surface area (Å²) in [5.74, 6) is 1.21. The summed E-state index contributed by atoms with van der Waals surface area (Å²) < 4.78 is 23.4. The number of rotatable bonds is 1. The second-order valence-electron chi connectivity index (χ2n) is 7.51. The molecule has 4 aromatic rings. The van der Waals surface area contributed by atoms with Crippen LogP contribution in [0.4, 0.5) is 0 Å². The predicted octanol–water partition coefficient (Wildman–Crippen LogP) is 4.47. The van der Waals surface area contributed by atoms with Crippen LogP contribution >= 0.6 is 0 Å². The van der Waals surface area contributed by atoms with Crippen LogP contribution in [0.15, 0.2) is 37.9 Å². The smallest absolute Gasteiger partial charge is 0.348 e. The van der Waals surface area contributed by atoms with Crippen LogP contribution in [-0.4, -0.2) is 18.3 Å². The van der Waals surface area contributed by atoms with Crippen molar-refractivity contribution < 1.29 is 23.4 Å². The Labute approximate surface area is 153 Å². The molecule has 1 aliphatic rings. The molecule has 1 N–H and O–H groups in total. The van der Waals surface area contributed by atoms with E-state index in [0.29, 0.717) is 44.4 Å². The van der Waals surface area contributed by atoms with Crippen LogP contribution in [0.5, 0.6) is 17.2 Å². The maximum atomic E-state index is 12.9. The zero-order valence-electron chi connectivity index (χ0n) is 15.4. The van der Waals surface area contributed by atoms with E-state index in [1.54, 1.807) is 13.2 Å². The summed E-state index contributed by atoms with van der Waals surface area (Å²) >= 11 is 0. The van der Waals surface area contributed by atoms with Crippen LogP contribution in [0.3, 0.4) is 0 Å². The number of fused-ring (bicyclic) bond motifs is 7. The van der Waals surface area contributed by atoms with Gasteiger partial charge in [-0.05, 0) is 19.1 Å². The Morgan fingerprint density at radius 3 is 2.63 bits per heavy atom. The van der Waals surface area contributed by atoms with Crippen molar-refractivity contribution in [3.63, 3.8) is 0 Å². The van der Waals surface area contributed by atoms with E-state index in [4.69, 9.17) is 18.3 Å². The number of furan rings is 1. The summed E-state index contributed by atoms with van der Waals surface area (Å²) in [4.78, 5) is 12.9. The average molecular weight is 366 g/mol. The van der Waals surface area contributed by atoms with Gasteiger partial charge in [0.2, 0.25) is 0 Å². The molecule has 0 amide bonds. The quantitative estimate of drug-likeness (QED) is 0.501. The third-order valence-corrected chi connectivity index (χ3v) is 5.69. The van der Waals surface area contributed by atoms with Gasteiger partial charge in [-0.3, -0.25) is 0 Å². The second kappa shape index (κ2) is 4.97. The zero-order valence-corrected chi connectivity index (χ0v) is 15.4. The van der Waals surface area contributed by atoms with Gasteiger partial charge in [0.25, 0.3) is 0 Å². The molecule has 0 bridgehead atoms. The number of aromatic hydroxyl groups is 1. The van der Waals surface area contributed by atoms with Crippen molar-refractivity contribution >= 4 is 32.9 Å². The van der Waals surface area contributed by atoms with Crippen LogP contribution in [0.1, 0.15) is 26.3 Å². The Morgan fingerprint density at radius 2 is 1.89 bits per heavy atom. The van der Waals surface area contributed by atoms with Gasteiger partial charge in [0, 0.05) is 28.5 Å². The van der Waals surface area contributed by atoms with Crippen LogP contribution in [-0.2, 0) is 5.41 Å². The fourth-order valence-electron chi connectivity index (χ4n) is 3.94. The van der Waals surface area contributed by atoms with Gasteiger partial charge in [-0.1, -0.05) is 13.8 Å². The molecular weight excluding hydrogens is 348 g/mol. The van der Waals surface area contributed by atoms with Crippen molar-refractivity contribution in [1.82, 2.24) is 0 Å². The number of hydrogen-bond acceptors (Lipinski definition) is 6. The molecule has 3 heterocycles. The first-order chi connectivity index (χ1) is 12.8. The molecule has 5 rings (SSSR count). The third kappa shape index (κ3) is 1.92. The summed E-state index contributed by atoms with van der Waals surface area (Å²) in [6.07, 6.45) is -0.0866. The number of phenols is 1. The van der Waals surface area contributed by atoms with Crippen molar-refractivity contribution in [2.75, 3.05) is 7.11 Å². The fourth-order valence-corrected chi connectivity index (χ4v) is 3.94. The number of benzene rings is 2. The highest BCUT2D eigenvalue weighted by atomic mass is 16.5. The molecule has 1 aliphatic heterocycles. The van der Waals surface area contributed by atoms with Crippen molar-refractivity contribution in [3.05, 3.63) is 40.2 Å². The lowest BCUT2D eigenvalue weighted by atomic mass is 9.81. The second-order valence-corrected chi connectivity index (χ2v) is 7.51. The molecule has 0 spiro atoms. The minimum Gasteiger partial charge on any atom is -0.508 e. The predicted molar refractivity (Wildman–Crippen MR) is 101 cm³/mol. The van der Waals surface area contributed by atoms with Gasteiger partial charge in [0.15, 0.2) is 11.2 Å². The molecular formula is C21H18O6. The Kier molecular flexibility index (Phi) is 2.96. The SMILES string of the molecule is COc1cc2c(c3oc(=O)c4c5ccc(O)cc5oc4c13)C(C)(C)C(C)O2. The van der Waals surface area contributed by atoms with Gasteiger partial charge in [0.05, 0.1) is 7.11 Å². The van der Waals surface area contributed by atoms with E-state index in [-0.39, 0.29) is 17.3 Å². The lowest BCUT2D eigenvalue weighted by Crippen LogP contribution is -2.29. The van der Waals surface area contributed by atoms with Gasteiger partial charge >= 0.3 is 5.63 Å². The highest BCUT2D eigenvalue weighted by molar-refractivity contribution is 6.15. The topological polar surface area (TPSA) is 82.0 Å². The standard InChI is InChI=1S/C21H18O6/c1-9-21(2,3)17-14(25-9)8-13(24-4)16-18-15(20(23)27-19(16)17)11-6-5-10(22)7-12(11)26-18/h5-9,22H,1-4H3. The molecule has 138 valence electrons. The molecule has 0 fully saturated rings. The molecule has 2 aromatic carbocycles. The summed E-state index contributed by atoms with van der Waals surface area (Å²) in [5.41, 5.74) is 1.20. The summed E-state index contributed by atoms with van der Waals surface area (Å²) in [6.45, 7) is 6.09. The van der Waals surface area contributed by atoms with E-state index < -0.39 is 5.63 Å². The van der Waals surface area contributed by atoms with Crippen molar-refractivity contribution in [1.29, 1.82) is 0 Å². The maximum absolute atomic E-state index is 12.9. The Balaban J connectivity index is 2.05. The van der Waals surface area contributed by atoms with Crippen LogP contribution in [0, 0.1) is 0 Å². The zero-order chi connectivity index (χ0) is 19.1. The lowest BCUT2D eigenvalue weighted by Gasteiger charge is -2.22. The van der Waals surface area contributed by atoms with Crippen molar-refractivity contribution in [2.24, 2.45) is 0 Å². The molecule has 0 saturated heterocycles. The molecule has 27 heavy (non-hydrogen) atoms. The summed E-state index contributed by atoms with van der Waals surface area (Å²) in [5, 5.41) is 11.3. The Morgan fingerprint density at radius 1 is 1.11 bits per heavy atom. The Bertz CT molecular complexity index is 1310. The van der Waals surface area contributed by atoms with Crippen LogP contribution in [0.25, 0.3) is 32.9 Å². The van der Waals surface area contributed by atoms with E-state index >= 15 is 0 Å². The first-order valence-electron chi connectivity index (χ1n) is 8.73. The fraction of sp³-hybridized carbons (Fsp3) is 0.286. The first kappa shape index (κ1) is 16.1. The average Bonchev–Trinajstić information content (AvgIpc) is 3.09. The third-order valence-electron chi connectivity index (χ3n) is 5.69. The summed E-state index contributed by atoms with van der Waals surface area (Å²) in [6, 6.07) is 6.45. The molecule has 0 aliphatic carbocycles. The van der Waals surface area contributed by atoms with E-state index in [1.807, 2.05) is 13.0 Å². The minimum absolute atomic E-state index is 0.0615. The molecule has 6 nitrogen and oxygen atoms in total. The Hall–Kier alpha value is -3.15. The van der Waals surface area contributed by atoms with Gasteiger partial charge in [-0.2, -0.15) is 0 Å². The molecule has 6 heteroatoms. The van der Waals surface area contributed by atoms with Gasteiger partial charge in [-0.15, -0.1) is 0 Å². The molecule has 0 saturated carbocycles. The van der Waals surface area contributed by atoms with Crippen molar-refractivity contribution in [3.8, 4) is 17.2 Å². The van der Waals surface area contributed by atoms with E-state index in [1.165, 1.54) is 12.1 Å². The number of ether oxygens (including phenoxy) is 2. The van der Waals surface area contributed by atoms with Gasteiger partial charge in [0.1, 0.15) is 39.7 Å². The van der Waals surface area contributed by atoms with Crippen LogP contribution < -0.4 is 15.1 Å². The first-order valence-corrected chi connectivity index (χ1v) is 8.73. The lowest BCUT2D eigenvalue weighted by molar-refractivity contribution is 0.185. The molecule has 2 aromatic heterocycles. The minimum atomic E-state index is -0.493. The van der Waals surface area contributed by atoms with E-state index in [0.717, 1.165) is 5.56 Å². The maximum Gasteiger partial charge on any atom is 0.348 e. The highest BCUT2D eigenvalue weighted by Crippen LogP contribution is 2.50. The number of hydrogen-bond donors (Lipinski definition) is 1. The molecule has 1 atom stereocenters. The molecule has 0 radical (unpaired) electrons. The summed E-state index contributed by atoms with van der Waals surface area (Å²) in [7, 11) is 1.55. The van der Waals surface area contributed by atoms with E-state index in [9.17, 15) is 9.90 Å². The van der Waals surface area contributed by atoms with Crippen molar-refractivity contribution in [2.45, 2.75) is 32.3 Å². The highest BCUT2D eigenvalue weighted by Gasteiger charge is 2.42. The number of methoxy groups -OCH3 is 1. The largest absolute Gasteiger partial charge is 0.508 e. The monoisotopic (exact) mass is 366 g/mol.